The van der Waals surface area contributed by atoms with Crippen LogP contribution in [0, 0.1) is 11.8 Å². The van der Waals surface area contributed by atoms with Crippen molar-refractivity contribution in [2.24, 2.45) is 0 Å². The standard InChI is InChI=1S/C21H28ClF2N5O2S/c22-16-12-19(32(30,31)29-21-8-4-7-20(24)28-21)17(23)13-18(16)27-10-3-1-2-9-25-14-15-6-5-11-26-15/h4,7-8,12-13,15,25-27H,1-3,5-6,9-11,14H2,(H,28,29). The normalized spacial score (nSPS) is 16.3. The average Bonchev–Trinajstić information content (AvgIpc) is 3.25. The number of aromatic nitrogens is 1. The van der Waals surface area contributed by atoms with E-state index in [9.17, 15) is 17.2 Å². The van der Waals surface area contributed by atoms with Gasteiger partial charge in [-0.05, 0) is 63.0 Å². The lowest BCUT2D eigenvalue weighted by Gasteiger charge is -2.13. The molecule has 0 radical (unpaired) electrons. The first-order valence-corrected chi connectivity index (χ1v) is 12.5. The Morgan fingerprint density at radius 2 is 1.97 bits per heavy atom. The van der Waals surface area contributed by atoms with Crippen LogP contribution in [0.15, 0.2) is 35.2 Å². The Labute approximate surface area is 192 Å². The molecule has 0 spiro atoms. The van der Waals surface area contributed by atoms with E-state index in [4.69, 9.17) is 11.6 Å². The second-order valence-corrected chi connectivity index (χ2v) is 9.76. The first-order chi connectivity index (χ1) is 15.3. The van der Waals surface area contributed by atoms with Crippen LogP contribution in [0.4, 0.5) is 20.3 Å². The van der Waals surface area contributed by atoms with Crippen molar-refractivity contribution >= 4 is 33.1 Å². The van der Waals surface area contributed by atoms with Gasteiger partial charge in [-0.25, -0.2) is 17.8 Å². The third-order valence-electron chi connectivity index (χ3n) is 5.16. The van der Waals surface area contributed by atoms with Gasteiger partial charge in [-0.2, -0.15) is 4.39 Å². The highest BCUT2D eigenvalue weighted by Crippen LogP contribution is 2.29. The number of nitrogens with zero attached hydrogens (tertiary/aromatic N) is 1. The maximum atomic E-state index is 14.5. The Balaban J connectivity index is 1.45. The minimum Gasteiger partial charge on any atom is -0.384 e. The van der Waals surface area contributed by atoms with Gasteiger partial charge >= 0.3 is 0 Å². The first-order valence-electron chi connectivity index (χ1n) is 10.7. The van der Waals surface area contributed by atoms with Crippen molar-refractivity contribution in [3.63, 3.8) is 0 Å². The molecule has 1 fully saturated rings. The van der Waals surface area contributed by atoms with Gasteiger partial charge in [0.05, 0.1) is 10.7 Å². The molecule has 176 valence electrons. The molecule has 0 amide bonds. The summed E-state index contributed by atoms with van der Waals surface area (Å²) >= 11 is 6.17. The Kier molecular flexibility index (Phi) is 9.03. The quantitative estimate of drug-likeness (QED) is 0.269. The van der Waals surface area contributed by atoms with E-state index in [0.29, 0.717) is 18.3 Å². The van der Waals surface area contributed by atoms with Gasteiger partial charge in [0.1, 0.15) is 16.5 Å². The molecule has 4 N–H and O–H groups in total. The Bertz CT molecular complexity index is 1000. The van der Waals surface area contributed by atoms with Crippen molar-refractivity contribution in [1.82, 2.24) is 15.6 Å². The molecular weight excluding hydrogens is 460 g/mol. The number of hydrogen-bond acceptors (Lipinski definition) is 6. The fourth-order valence-corrected chi connectivity index (χ4v) is 4.89. The van der Waals surface area contributed by atoms with Crippen LogP contribution in [-0.4, -0.2) is 45.6 Å². The van der Waals surface area contributed by atoms with E-state index in [2.05, 4.69) is 20.9 Å². The topological polar surface area (TPSA) is 95.2 Å². The van der Waals surface area contributed by atoms with Gasteiger partial charge in [0.15, 0.2) is 0 Å². The summed E-state index contributed by atoms with van der Waals surface area (Å²) in [4.78, 5) is 2.78. The molecule has 2 aromatic rings. The van der Waals surface area contributed by atoms with E-state index in [-0.39, 0.29) is 10.8 Å². The van der Waals surface area contributed by atoms with Crippen molar-refractivity contribution in [2.75, 3.05) is 36.2 Å². The van der Waals surface area contributed by atoms with Gasteiger partial charge in [0.2, 0.25) is 5.95 Å². The summed E-state index contributed by atoms with van der Waals surface area (Å²) < 4.78 is 54.7. The smallest absolute Gasteiger partial charge is 0.266 e. The number of sulfonamides is 1. The molecule has 1 atom stereocenters. The van der Waals surface area contributed by atoms with Gasteiger partial charge in [0, 0.05) is 19.1 Å². The third kappa shape index (κ3) is 7.26. The Morgan fingerprint density at radius 3 is 2.72 bits per heavy atom. The number of nitrogens with one attached hydrogen (secondary N) is 4. The van der Waals surface area contributed by atoms with Crippen molar-refractivity contribution in [2.45, 2.75) is 43.0 Å². The molecule has 3 rings (SSSR count). The van der Waals surface area contributed by atoms with Crippen LogP contribution in [0.2, 0.25) is 5.02 Å². The molecule has 32 heavy (non-hydrogen) atoms. The molecule has 1 saturated heterocycles. The maximum Gasteiger partial charge on any atom is 0.266 e. The number of benzene rings is 1. The summed E-state index contributed by atoms with van der Waals surface area (Å²) in [6, 6.07) is 6.28. The van der Waals surface area contributed by atoms with Gasteiger partial charge < -0.3 is 16.0 Å². The van der Waals surface area contributed by atoms with Gasteiger partial charge in [-0.15, -0.1) is 0 Å². The average molecular weight is 488 g/mol. The second-order valence-electron chi connectivity index (χ2n) is 7.70. The summed E-state index contributed by atoms with van der Waals surface area (Å²) in [7, 11) is -4.32. The molecule has 1 aliphatic heterocycles. The number of anilines is 2. The van der Waals surface area contributed by atoms with Crippen molar-refractivity contribution in [3.05, 3.63) is 47.1 Å². The zero-order valence-corrected chi connectivity index (χ0v) is 19.2. The van der Waals surface area contributed by atoms with Crippen molar-refractivity contribution < 1.29 is 17.2 Å². The first kappa shape index (κ1) is 24.6. The number of halogens is 3. The van der Waals surface area contributed by atoms with Gasteiger partial charge in [-0.1, -0.05) is 24.1 Å². The van der Waals surface area contributed by atoms with Crippen LogP contribution in [0.3, 0.4) is 0 Å². The largest absolute Gasteiger partial charge is 0.384 e. The monoisotopic (exact) mass is 487 g/mol. The Hall–Kier alpha value is -2.01. The number of pyridine rings is 1. The molecule has 2 heterocycles. The lowest BCUT2D eigenvalue weighted by molar-refractivity contribution is 0.521. The highest BCUT2D eigenvalue weighted by molar-refractivity contribution is 7.92. The lowest BCUT2D eigenvalue weighted by Crippen LogP contribution is -2.34. The van der Waals surface area contributed by atoms with E-state index in [1.165, 1.54) is 25.0 Å². The molecule has 1 aromatic carbocycles. The van der Waals surface area contributed by atoms with Crippen LogP contribution in [0.1, 0.15) is 32.1 Å². The van der Waals surface area contributed by atoms with Crippen LogP contribution >= 0.6 is 11.6 Å². The molecule has 1 aromatic heterocycles. The highest BCUT2D eigenvalue weighted by atomic mass is 35.5. The number of rotatable bonds is 12. The molecule has 1 unspecified atom stereocenters. The molecule has 11 heteroatoms. The number of unbranched alkanes of at least 4 members (excludes halogenated alkanes) is 2. The molecule has 7 nitrogen and oxygen atoms in total. The second kappa shape index (κ2) is 11.7. The predicted octanol–water partition coefficient (Wildman–Crippen LogP) is 3.74. The van der Waals surface area contributed by atoms with Gasteiger partial charge in [-0.3, -0.25) is 4.72 Å². The lowest BCUT2D eigenvalue weighted by atomic mass is 10.2. The zero-order chi connectivity index (χ0) is 23.0. The van der Waals surface area contributed by atoms with E-state index in [1.807, 2.05) is 4.72 Å². The highest BCUT2D eigenvalue weighted by Gasteiger charge is 2.22. The van der Waals surface area contributed by atoms with Gasteiger partial charge in [0.25, 0.3) is 10.0 Å². The molecule has 0 aliphatic carbocycles. The number of hydrogen-bond donors (Lipinski definition) is 4. The van der Waals surface area contributed by atoms with Crippen molar-refractivity contribution in [1.29, 1.82) is 0 Å². The summed E-state index contributed by atoms with van der Waals surface area (Å²) in [5.41, 5.74) is 0.317. The minimum atomic E-state index is -4.32. The summed E-state index contributed by atoms with van der Waals surface area (Å²) in [5, 5.41) is 10.0. The van der Waals surface area contributed by atoms with E-state index < -0.39 is 26.7 Å². The van der Waals surface area contributed by atoms with Crippen LogP contribution < -0.4 is 20.7 Å². The Morgan fingerprint density at radius 1 is 1.16 bits per heavy atom. The molecular formula is C21H28ClF2N5O2S. The predicted molar refractivity (Wildman–Crippen MR) is 123 cm³/mol. The molecule has 0 bridgehead atoms. The maximum absolute atomic E-state index is 14.5. The summed E-state index contributed by atoms with van der Waals surface area (Å²) in [6.45, 7) is 3.63. The zero-order valence-electron chi connectivity index (χ0n) is 17.6. The fraction of sp³-hybridized carbons (Fsp3) is 0.476. The van der Waals surface area contributed by atoms with Crippen LogP contribution in [0.5, 0.6) is 0 Å². The van der Waals surface area contributed by atoms with E-state index in [1.54, 1.807) is 0 Å². The van der Waals surface area contributed by atoms with Crippen LogP contribution in [0.25, 0.3) is 0 Å². The molecule has 0 saturated carbocycles. The third-order valence-corrected chi connectivity index (χ3v) is 6.85. The van der Waals surface area contributed by atoms with Crippen molar-refractivity contribution in [3.8, 4) is 0 Å². The summed E-state index contributed by atoms with van der Waals surface area (Å²) in [6.07, 6.45) is 5.37. The van der Waals surface area contributed by atoms with E-state index >= 15 is 0 Å². The fourth-order valence-electron chi connectivity index (χ4n) is 3.51. The van der Waals surface area contributed by atoms with Crippen LogP contribution in [-0.2, 0) is 10.0 Å². The molecule has 1 aliphatic rings. The SMILES string of the molecule is O=S(=O)(Nc1cccc(F)n1)c1cc(Cl)c(NCCCCCNCC2CCCN2)cc1F. The van der Waals surface area contributed by atoms with E-state index in [0.717, 1.165) is 57.1 Å². The summed E-state index contributed by atoms with van der Waals surface area (Å²) in [5.74, 6) is -2.08. The minimum absolute atomic E-state index is 0.0738.